The monoisotopic (exact) mass is 386 g/mol. The van der Waals surface area contributed by atoms with E-state index < -0.39 is 12.1 Å². The minimum absolute atomic E-state index is 0.122. The molecule has 8 heteroatoms. The van der Waals surface area contributed by atoms with Crippen molar-refractivity contribution in [2.24, 2.45) is 0 Å². The van der Waals surface area contributed by atoms with Gasteiger partial charge < -0.3 is 20.1 Å². The van der Waals surface area contributed by atoms with E-state index in [1.807, 2.05) is 0 Å². The van der Waals surface area contributed by atoms with Crippen LogP contribution < -0.4 is 0 Å². The van der Waals surface area contributed by atoms with Crippen molar-refractivity contribution in [3.63, 3.8) is 0 Å². The number of fused-ring (bicyclic) bond motifs is 1. The molecule has 1 saturated heterocycles. The number of aromatic nitrogens is 1. The van der Waals surface area contributed by atoms with E-state index in [0.29, 0.717) is 0 Å². The second kappa shape index (κ2) is 8.31. The molecule has 0 unspecified atom stereocenters. The number of nitrogens with zero attached hydrogens (tertiary/aromatic N) is 1. The fourth-order valence-corrected chi connectivity index (χ4v) is 3.44. The van der Waals surface area contributed by atoms with Crippen molar-refractivity contribution in [2.45, 2.75) is 45.9 Å². The average molecular weight is 386 g/mol. The van der Waals surface area contributed by atoms with Gasteiger partial charge in [0.1, 0.15) is 0 Å². The Bertz CT molecular complexity index is 815. The number of β-amino-alcohol motifs (C(OH)–C–C–N with tert-alkyl or cyclic N) is 1. The van der Waals surface area contributed by atoms with Crippen LogP contribution in [0.15, 0.2) is 12.1 Å². The third-order valence-corrected chi connectivity index (χ3v) is 4.74. The van der Waals surface area contributed by atoms with Crippen molar-refractivity contribution < 1.29 is 28.2 Å². The van der Waals surface area contributed by atoms with Crippen molar-refractivity contribution in [3.05, 3.63) is 34.5 Å². The van der Waals surface area contributed by atoms with Gasteiger partial charge in [-0.25, -0.2) is 4.79 Å². The largest absolute Gasteiger partial charge is 0.490 e. The van der Waals surface area contributed by atoms with Gasteiger partial charge in [0.05, 0.1) is 6.10 Å². The molecule has 1 aliphatic rings. The first-order valence-corrected chi connectivity index (χ1v) is 8.78. The van der Waals surface area contributed by atoms with Crippen LogP contribution in [-0.4, -0.2) is 58.0 Å². The highest BCUT2D eigenvalue weighted by Gasteiger charge is 2.38. The molecule has 0 radical (unpaired) electrons. The summed E-state index contributed by atoms with van der Waals surface area (Å²) in [5.74, 6) is -2.76. The van der Waals surface area contributed by atoms with Gasteiger partial charge in [0, 0.05) is 36.2 Å². The zero-order valence-corrected chi connectivity index (χ0v) is 15.7. The molecule has 0 amide bonds. The number of rotatable bonds is 3. The van der Waals surface area contributed by atoms with Gasteiger partial charge in [-0.15, -0.1) is 0 Å². The maximum absolute atomic E-state index is 10.6. The number of halogens is 3. The van der Waals surface area contributed by atoms with E-state index in [1.54, 1.807) is 0 Å². The second-order valence-corrected chi connectivity index (χ2v) is 7.03. The minimum atomic E-state index is -5.08. The number of hydrogen-bond donors (Lipinski definition) is 3. The molecule has 0 bridgehead atoms. The number of H-pyrrole nitrogens is 1. The summed E-state index contributed by atoms with van der Waals surface area (Å²) in [6, 6.07) is 4.53. The van der Waals surface area contributed by atoms with E-state index in [0.717, 1.165) is 32.5 Å². The average Bonchev–Trinajstić information content (AvgIpc) is 3.08. The number of benzene rings is 1. The summed E-state index contributed by atoms with van der Waals surface area (Å²) < 4.78 is 31.7. The van der Waals surface area contributed by atoms with Crippen LogP contribution in [0.1, 0.15) is 28.8 Å². The number of aryl methyl sites for hydroxylation is 3. The molecular formula is C19H25F3N2O3. The standard InChI is InChI=1S/C17H24N2O.C2HF3O2/c1-11-8-12(2)17-16(9-11)15(13(3)18-17)5-7-19-6-4-14(20)10-19;3-2(4,5)1(6)7/h8-9,14,18,20H,4-7,10H2,1-3H3;(H,6,7)/t14-;/m0./s1. The molecule has 3 rings (SSSR count). The first-order chi connectivity index (χ1) is 12.5. The number of aliphatic carboxylic acids is 1. The van der Waals surface area contributed by atoms with Crippen molar-refractivity contribution in [2.75, 3.05) is 19.6 Å². The lowest BCUT2D eigenvalue weighted by Crippen LogP contribution is -2.24. The van der Waals surface area contributed by atoms with Crippen molar-refractivity contribution >= 4 is 16.9 Å². The van der Waals surface area contributed by atoms with Crippen LogP contribution in [-0.2, 0) is 11.2 Å². The topological polar surface area (TPSA) is 76.6 Å². The number of likely N-dealkylation sites (tertiary alicyclic amines) is 1. The first kappa shape index (κ1) is 21.2. The van der Waals surface area contributed by atoms with Crippen LogP contribution in [0.2, 0.25) is 0 Å². The smallest absolute Gasteiger partial charge is 0.475 e. The Balaban J connectivity index is 0.000000321. The molecule has 3 N–H and O–H groups in total. The molecule has 1 aromatic carbocycles. The molecule has 1 aromatic heterocycles. The Kier molecular flexibility index (Phi) is 6.54. The molecule has 27 heavy (non-hydrogen) atoms. The number of alkyl halides is 3. The number of carbonyl (C=O) groups is 1. The SMILES string of the molecule is Cc1cc(C)c2[nH]c(C)c(CCN3CC[C@H](O)C3)c2c1.O=C(O)C(F)(F)F. The predicted molar refractivity (Wildman–Crippen MR) is 97.0 cm³/mol. The molecule has 1 atom stereocenters. The fourth-order valence-electron chi connectivity index (χ4n) is 3.44. The summed E-state index contributed by atoms with van der Waals surface area (Å²) in [5.41, 5.74) is 6.66. The van der Waals surface area contributed by atoms with Gasteiger partial charge in [-0.2, -0.15) is 13.2 Å². The van der Waals surface area contributed by atoms with E-state index in [2.05, 4.69) is 42.8 Å². The fraction of sp³-hybridized carbons (Fsp3) is 0.526. The first-order valence-electron chi connectivity index (χ1n) is 8.78. The number of nitrogens with one attached hydrogen (secondary N) is 1. The Morgan fingerprint density at radius 1 is 1.30 bits per heavy atom. The van der Waals surface area contributed by atoms with Gasteiger partial charge in [0.15, 0.2) is 0 Å². The Hall–Kier alpha value is -2.06. The van der Waals surface area contributed by atoms with Gasteiger partial charge in [0.2, 0.25) is 0 Å². The Labute approximate surface area is 155 Å². The summed E-state index contributed by atoms with van der Waals surface area (Å²) in [4.78, 5) is 14.8. The number of carboxylic acid groups (broad SMARTS) is 1. The molecule has 0 spiro atoms. The van der Waals surface area contributed by atoms with E-state index in [9.17, 15) is 18.3 Å². The van der Waals surface area contributed by atoms with Gasteiger partial charge in [-0.05, 0) is 50.8 Å². The lowest BCUT2D eigenvalue weighted by Gasteiger charge is -2.14. The number of aromatic amines is 1. The quantitative estimate of drug-likeness (QED) is 0.756. The van der Waals surface area contributed by atoms with Crippen molar-refractivity contribution in [3.8, 4) is 0 Å². The zero-order chi connectivity index (χ0) is 20.4. The Morgan fingerprint density at radius 3 is 2.44 bits per heavy atom. The molecule has 2 heterocycles. The number of carboxylic acids is 1. The van der Waals surface area contributed by atoms with E-state index in [4.69, 9.17) is 9.90 Å². The van der Waals surface area contributed by atoms with Crippen LogP contribution in [0.4, 0.5) is 13.2 Å². The van der Waals surface area contributed by atoms with E-state index >= 15 is 0 Å². The van der Waals surface area contributed by atoms with Crippen molar-refractivity contribution in [1.29, 1.82) is 0 Å². The van der Waals surface area contributed by atoms with Crippen LogP contribution in [0.5, 0.6) is 0 Å². The summed E-state index contributed by atoms with van der Waals surface area (Å²) in [5, 5.41) is 18.1. The van der Waals surface area contributed by atoms with Crippen LogP contribution >= 0.6 is 0 Å². The van der Waals surface area contributed by atoms with Gasteiger partial charge in [-0.3, -0.25) is 0 Å². The third-order valence-electron chi connectivity index (χ3n) is 4.74. The van der Waals surface area contributed by atoms with Crippen LogP contribution in [0, 0.1) is 20.8 Å². The van der Waals surface area contributed by atoms with Gasteiger partial charge in [-0.1, -0.05) is 11.6 Å². The van der Waals surface area contributed by atoms with E-state index in [1.165, 1.54) is 33.3 Å². The van der Waals surface area contributed by atoms with Crippen LogP contribution in [0.25, 0.3) is 10.9 Å². The molecule has 1 fully saturated rings. The molecule has 2 aromatic rings. The maximum atomic E-state index is 10.6. The summed E-state index contributed by atoms with van der Waals surface area (Å²) in [7, 11) is 0. The highest BCUT2D eigenvalue weighted by atomic mass is 19.4. The van der Waals surface area contributed by atoms with Gasteiger partial charge in [0.25, 0.3) is 0 Å². The molecule has 150 valence electrons. The molecular weight excluding hydrogens is 361 g/mol. The lowest BCUT2D eigenvalue weighted by molar-refractivity contribution is -0.192. The molecule has 0 aliphatic carbocycles. The Morgan fingerprint density at radius 2 is 1.93 bits per heavy atom. The zero-order valence-electron chi connectivity index (χ0n) is 15.7. The van der Waals surface area contributed by atoms with Crippen LogP contribution in [0.3, 0.4) is 0 Å². The minimum Gasteiger partial charge on any atom is -0.475 e. The summed E-state index contributed by atoms with van der Waals surface area (Å²) in [6.07, 6.45) is -3.23. The number of aliphatic hydroxyl groups excluding tert-OH is 1. The number of aliphatic hydroxyl groups is 1. The normalized spacial score (nSPS) is 17.8. The van der Waals surface area contributed by atoms with E-state index in [-0.39, 0.29) is 6.10 Å². The predicted octanol–water partition coefficient (Wildman–Crippen LogP) is 3.34. The second-order valence-electron chi connectivity index (χ2n) is 7.03. The lowest BCUT2D eigenvalue weighted by atomic mass is 10.0. The van der Waals surface area contributed by atoms with Gasteiger partial charge >= 0.3 is 12.1 Å². The third kappa shape index (κ3) is 5.46. The summed E-state index contributed by atoms with van der Waals surface area (Å²) in [6.45, 7) is 9.40. The highest BCUT2D eigenvalue weighted by Crippen LogP contribution is 2.27. The highest BCUT2D eigenvalue weighted by molar-refractivity contribution is 5.88. The molecule has 0 saturated carbocycles. The summed E-state index contributed by atoms with van der Waals surface area (Å²) >= 11 is 0. The molecule has 5 nitrogen and oxygen atoms in total. The van der Waals surface area contributed by atoms with Crippen molar-refractivity contribution in [1.82, 2.24) is 9.88 Å². The number of hydrogen-bond acceptors (Lipinski definition) is 3. The maximum Gasteiger partial charge on any atom is 0.490 e. The molecule has 1 aliphatic heterocycles.